The van der Waals surface area contributed by atoms with Crippen LogP contribution in [0.15, 0.2) is 39.9 Å². The first-order chi connectivity index (χ1) is 13.9. The maximum Gasteiger partial charge on any atom is 0.331 e. The Balaban J connectivity index is 1.90. The van der Waals surface area contributed by atoms with E-state index in [4.69, 9.17) is 9.47 Å². The number of aryl methyl sites for hydroxylation is 1. The molecule has 2 aliphatic carbocycles. The number of carbonyl (C=O) groups is 2. The number of nitrogens with one attached hydrogen (secondary N) is 1. The van der Waals surface area contributed by atoms with Crippen LogP contribution in [0.5, 0.6) is 5.75 Å². The minimum absolute atomic E-state index is 0.304. The first-order valence-electron chi connectivity index (χ1n) is 10.1. The normalized spacial score (nSPS) is 21.2. The lowest BCUT2D eigenvalue weighted by Crippen LogP contribution is -2.56. The Morgan fingerprint density at radius 2 is 2.03 bits per heavy atom. The molecule has 29 heavy (non-hydrogen) atoms. The minimum atomic E-state index is -1.05. The van der Waals surface area contributed by atoms with Crippen LogP contribution in [-0.2, 0) is 9.53 Å². The molecule has 0 radical (unpaired) electrons. The lowest BCUT2D eigenvalue weighted by molar-refractivity contribution is -0.148. The van der Waals surface area contributed by atoms with E-state index in [1.807, 2.05) is 26.0 Å². The number of allylic oxidation sites excluding steroid dienone is 3. The molecule has 5 nitrogen and oxygen atoms in total. The van der Waals surface area contributed by atoms with Crippen molar-refractivity contribution in [3.8, 4) is 5.75 Å². The molecule has 0 bridgehead atoms. The molecule has 1 amide bonds. The number of methoxy groups -OCH3 is 1. The zero-order valence-electron chi connectivity index (χ0n) is 17.3. The van der Waals surface area contributed by atoms with Gasteiger partial charge in [-0.05, 0) is 66.8 Å². The summed E-state index contributed by atoms with van der Waals surface area (Å²) in [7, 11) is 1.37. The van der Waals surface area contributed by atoms with Crippen molar-refractivity contribution in [1.82, 2.24) is 5.32 Å². The standard InChI is InChI=1S/C23H28BrNO4/c1-4-12-29-20-15(2)6-5-7-19(20)21(26)25-23(22(27)28-3)11-10-16-13-18(24)9-8-17(16)14-23/h5-7,13H,4,8-12,14H2,1-3H3,(H,25,26). The van der Waals surface area contributed by atoms with E-state index in [0.29, 0.717) is 30.8 Å². The predicted octanol–water partition coefficient (Wildman–Crippen LogP) is 4.98. The van der Waals surface area contributed by atoms with Gasteiger partial charge in [-0.2, -0.15) is 0 Å². The summed E-state index contributed by atoms with van der Waals surface area (Å²) in [6.45, 7) is 4.47. The number of hydrogen-bond acceptors (Lipinski definition) is 4. The second-order valence-electron chi connectivity index (χ2n) is 7.72. The van der Waals surface area contributed by atoms with Crippen molar-refractivity contribution < 1.29 is 19.1 Å². The quantitative estimate of drug-likeness (QED) is 0.606. The van der Waals surface area contributed by atoms with Crippen LogP contribution in [0.3, 0.4) is 0 Å². The zero-order chi connectivity index (χ0) is 21.0. The third-order valence-corrected chi connectivity index (χ3v) is 6.25. The second-order valence-corrected chi connectivity index (χ2v) is 8.74. The van der Waals surface area contributed by atoms with Crippen LogP contribution >= 0.6 is 15.9 Å². The van der Waals surface area contributed by atoms with Crippen LogP contribution in [0, 0.1) is 6.92 Å². The fraction of sp³-hybridized carbons (Fsp3) is 0.478. The van der Waals surface area contributed by atoms with Gasteiger partial charge in [0.2, 0.25) is 0 Å². The van der Waals surface area contributed by atoms with Crippen molar-refractivity contribution in [3.63, 3.8) is 0 Å². The average molecular weight is 462 g/mol. The van der Waals surface area contributed by atoms with Gasteiger partial charge < -0.3 is 14.8 Å². The molecular weight excluding hydrogens is 434 g/mol. The Hall–Kier alpha value is -2.08. The monoisotopic (exact) mass is 461 g/mol. The molecule has 1 N–H and O–H groups in total. The lowest BCUT2D eigenvalue weighted by Gasteiger charge is -2.38. The second kappa shape index (κ2) is 9.16. The van der Waals surface area contributed by atoms with Crippen LogP contribution in [0.25, 0.3) is 0 Å². The Morgan fingerprint density at radius 3 is 2.76 bits per heavy atom. The molecule has 0 heterocycles. The van der Waals surface area contributed by atoms with Crippen LogP contribution in [-0.4, -0.2) is 31.1 Å². The fourth-order valence-electron chi connectivity index (χ4n) is 4.08. The SMILES string of the molecule is CCCOc1c(C)cccc1C(=O)NC1(C(=O)OC)CCC2=C(CCC(Br)=C2)C1. The molecule has 2 aliphatic rings. The van der Waals surface area contributed by atoms with Gasteiger partial charge in [-0.15, -0.1) is 0 Å². The molecular formula is C23H28BrNO4. The molecule has 1 atom stereocenters. The van der Waals surface area contributed by atoms with Crippen LogP contribution in [0.2, 0.25) is 0 Å². The molecule has 0 fully saturated rings. The summed E-state index contributed by atoms with van der Waals surface area (Å²) in [6, 6.07) is 5.49. The minimum Gasteiger partial charge on any atom is -0.492 e. The highest BCUT2D eigenvalue weighted by Gasteiger charge is 2.45. The molecule has 0 saturated heterocycles. The third kappa shape index (κ3) is 4.58. The number of ether oxygens (including phenoxy) is 2. The number of halogens is 1. The van der Waals surface area contributed by atoms with Gasteiger partial charge in [-0.3, -0.25) is 4.79 Å². The highest BCUT2D eigenvalue weighted by Crippen LogP contribution is 2.41. The van der Waals surface area contributed by atoms with E-state index >= 15 is 0 Å². The zero-order valence-corrected chi connectivity index (χ0v) is 18.9. The fourth-order valence-corrected chi connectivity index (χ4v) is 4.56. The first-order valence-corrected chi connectivity index (χ1v) is 10.9. The molecule has 0 saturated carbocycles. The molecule has 0 aromatic heterocycles. The number of benzene rings is 1. The number of amides is 1. The van der Waals surface area contributed by atoms with Crippen molar-refractivity contribution >= 4 is 27.8 Å². The summed E-state index contributed by atoms with van der Waals surface area (Å²) in [5.41, 5.74) is 2.78. The predicted molar refractivity (Wildman–Crippen MR) is 116 cm³/mol. The molecule has 1 aromatic carbocycles. The summed E-state index contributed by atoms with van der Waals surface area (Å²) >= 11 is 3.58. The van der Waals surface area contributed by atoms with Gasteiger partial charge in [0.1, 0.15) is 11.3 Å². The summed E-state index contributed by atoms with van der Waals surface area (Å²) in [6.07, 6.45) is 6.52. The van der Waals surface area contributed by atoms with Gasteiger partial charge in [0.25, 0.3) is 5.91 Å². The molecule has 1 aromatic rings. The summed E-state index contributed by atoms with van der Waals surface area (Å²) in [5, 5.41) is 3.03. The van der Waals surface area contributed by atoms with E-state index in [1.165, 1.54) is 22.7 Å². The summed E-state index contributed by atoms with van der Waals surface area (Å²) in [5.74, 6) is -0.122. The van der Waals surface area contributed by atoms with E-state index in [1.54, 1.807) is 6.07 Å². The van der Waals surface area contributed by atoms with Crippen molar-refractivity contribution in [1.29, 1.82) is 0 Å². The average Bonchev–Trinajstić information content (AvgIpc) is 2.72. The van der Waals surface area contributed by atoms with Gasteiger partial charge >= 0.3 is 5.97 Å². The van der Waals surface area contributed by atoms with Crippen LogP contribution in [0.4, 0.5) is 0 Å². The molecule has 0 spiro atoms. The molecule has 3 rings (SSSR count). The molecule has 156 valence electrons. The Kier molecular flexibility index (Phi) is 6.83. The Bertz CT molecular complexity index is 874. The number of rotatable bonds is 6. The largest absolute Gasteiger partial charge is 0.492 e. The topological polar surface area (TPSA) is 64.6 Å². The first kappa shape index (κ1) is 21.6. The smallest absolute Gasteiger partial charge is 0.331 e. The van der Waals surface area contributed by atoms with E-state index in [0.717, 1.165) is 31.2 Å². The highest BCUT2D eigenvalue weighted by atomic mass is 79.9. The van der Waals surface area contributed by atoms with E-state index in [-0.39, 0.29) is 5.91 Å². The lowest BCUT2D eigenvalue weighted by atomic mass is 9.75. The summed E-state index contributed by atoms with van der Waals surface area (Å²) in [4.78, 5) is 26.1. The highest BCUT2D eigenvalue weighted by molar-refractivity contribution is 9.11. The maximum absolute atomic E-state index is 13.3. The van der Waals surface area contributed by atoms with E-state index < -0.39 is 11.5 Å². The van der Waals surface area contributed by atoms with E-state index in [2.05, 4.69) is 27.3 Å². The molecule has 0 aliphatic heterocycles. The maximum atomic E-state index is 13.3. The molecule has 6 heteroatoms. The van der Waals surface area contributed by atoms with E-state index in [9.17, 15) is 9.59 Å². The Morgan fingerprint density at radius 1 is 1.24 bits per heavy atom. The van der Waals surface area contributed by atoms with Crippen molar-refractivity contribution in [2.75, 3.05) is 13.7 Å². The van der Waals surface area contributed by atoms with Gasteiger partial charge in [-0.25, -0.2) is 4.79 Å². The summed E-state index contributed by atoms with van der Waals surface area (Å²) < 4.78 is 12.1. The van der Waals surface area contributed by atoms with Crippen LogP contribution < -0.4 is 10.1 Å². The molecule has 1 unspecified atom stereocenters. The van der Waals surface area contributed by atoms with Gasteiger partial charge in [0, 0.05) is 6.42 Å². The van der Waals surface area contributed by atoms with Gasteiger partial charge in [0.05, 0.1) is 19.3 Å². The van der Waals surface area contributed by atoms with Crippen molar-refractivity contribution in [2.24, 2.45) is 0 Å². The number of carbonyl (C=O) groups excluding carboxylic acids is 2. The number of esters is 1. The van der Waals surface area contributed by atoms with Crippen molar-refractivity contribution in [3.05, 3.63) is 51.0 Å². The number of para-hydroxylation sites is 1. The van der Waals surface area contributed by atoms with Crippen LogP contribution in [0.1, 0.15) is 61.4 Å². The van der Waals surface area contributed by atoms with Gasteiger partial charge in [-0.1, -0.05) is 40.6 Å². The van der Waals surface area contributed by atoms with Crippen molar-refractivity contribution in [2.45, 2.75) is 57.9 Å². The number of hydrogen-bond donors (Lipinski definition) is 1. The van der Waals surface area contributed by atoms with Gasteiger partial charge in [0.15, 0.2) is 0 Å². The Labute approximate surface area is 180 Å². The third-order valence-electron chi connectivity index (χ3n) is 5.62.